The summed E-state index contributed by atoms with van der Waals surface area (Å²) in [5, 5.41) is 11.4. The number of nitrogens with one attached hydrogen (secondary N) is 1. The highest BCUT2D eigenvalue weighted by molar-refractivity contribution is 7.90. The fraction of sp³-hybridized carbons (Fsp3) is 0.545. The normalized spacial score (nSPS) is 12.9. The van der Waals surface area contributed by atoms with Gasteiger partial charge in [0.15, 0.2) is 9.84 Å². The van der Waals surface area contributed by atoms with Crippen molar-refractivity contribution >= 4 is 33.1 Å². The first-order chi connectivity index (χ1) is 9.10. The van der Waals surface area contributed by atoms with Crippen molar-refractivity contribution in [3.63, 3.8) is 0 Å². The summed E-state index contributed by atoms with van der Waals surface area (Å²) in [6.07, 6.45) is 0. The van der Waals surface area contributed by atoms with E-state index in [-0.39, 0.29) is 5.75 Å². The number of carbonyl (C=O) groups is 2. The number of carbonyl (C=O) groups excluding carboxylic acids is 1. The molecule has 0 saturated heterocycles. The summed E-state index contributed by atoms with van der Waals surface area (Å²) in [5.74, 6) is -2.95. The van der Waals surface area contributed by atoms with Crippen LogP contribution in [-0.4, -0.2) is 42.2 Å². The molecule has 9 heteroatoms. The van der Waals surface area contributed by atoms with E-state index >= 15 is 0 Å². The molecule has 20 heavy (non-hydrogen) atoms. The number of nitrogens with zero attached hydrogens (tertiary/aromatic N) is 1. The molecule has 0 saturated carbocycles. The number of hydrogen-bond donors (Lipinski definition) is 2. The Labute approximate surface area is 121 Å². The molecule has 112 valence electrons. The van der Waals surface area contributed by atoms with Crippen LogP contribution in [0.5, 0.6) is 0 Å². The molecule has 0 aromatic carbocycles. The number of rotatable bonds is 6. The van der Waals surface area contributed by atoms with Crippen LogP contribution >= 0.6 is 11.3 Å². The van der Waals surface area contributed by atoms with E-state index in [2.05, 4.69) is 10.3 Å². The van der Waals surface area contributed by atoms with Crippen molar-refractivity contribution in [2.24, 2.45) is 0 Å². The molecular formula is C11H16N2O5S2. The Morgan fingerprint density at radius 1 is 1.40 bits per heavy atom. The third kappa shape index (κ3) is 4.89. The third-order valence-electron chi connectivity index (χ3n) is 2.51. The monoisotopic (exact) mass is 320 g/mol. The maximum atomic E-state index is 12.0. The van der Waals surface area contributed by atoms with Gasteiger partial charge >= 0.3 is 5.97 Å². The number of carboxylic acid groups (broad SMARTS) is 1. The number of aromatic nitrogens is 1. The molecule has 0 radical (unpaired) electrons. The van der Waals surface area contributed by atoms with Gasteiger partial charge in [0.1, 0.15) is 16.8 Å². The summed E-state index contributed by atoms with van der Waals surface area (Å²) in [6, 6.07) is -1.44. The predicted octanol–water partition coefficient (Wildman–Crippen LogP) is 0.264. The van der Waals surface area contributed by atoms with Crippen molar-refractivity contribution in [2.75, 3.05) is 5.75 Å². The molecule has 0 aliphatic heterocycles. The van der Waals surface area contributed by atoms with Gasteiger partial charge in [-0.15, -0.1) is 11.3 Å². The van der Waals surface area contributed by atoms with Gasteiger partial charge in [0, 0.05) is 11.8 Å². The number of sulfone groups is 1. The minimum absolute atomic E-state index is 0.324. The van der Waals surface area contributed by atoms with Crippen LogP contribution in [-0.2, 0) is 25.2 Å². The van der Waals surface area contributed by atoms with Gasteiger partial charge in [0.2, 0.25) is 5.91 Å². The fourth-order valence-electron chi connectivity index (χ4n) is 1.52. The van der Waals surface area contributed by atoms with Crippen molar-refractivity contribution in [2.45, 2.75) is 32.6 Å². The zero-order valence-corrected chi connectivity index (χ0v) is 13.0. The van der Waals surface area contributed by atoms with Gasteiger partial charge in [-0.25, -0.2) is 18.2 Å². The van der Waals surface area contributed by atoms with Crippen LogP contribution in [0.1, 0.15) is 22.5 Å². The van der Waals surface area contributed by atoms with Gasteiger partial charge in [-0.2, -0.15) is 0 Å². The molecule has 1 aromatic heterocycles. The van der Waals surface area contributed by atoms with E-state index in [1.54, 1.807) is 6.92 Å². The average molecular weight is 320 g/mol. The average Bonchev–Trinajstić information content (AvgIpc) is 2.54. The van der Waals surface area contributed by atoms with Crippen molar-refractivity contribution in [1.29, 1.82) is 0 Å². The Morgan fingerprint density at radius 3 is 2.40 bits per heavy atom. The molecule has 7 nitrogen and oxygen atoms in total. The van der Waals surface area contributed by atoms with Gasteiger partial charge < -0.3 is 10.4 Å². The van der Waals surface area contributed by atoms with E-state index in [9.17, 15) is 18.0 Å². The van der Waals surface area contributed by atoms with Crippen molar-refractivity contribution in [1.82, 2.24) is 10.3 Å². The van der Waals surface area contributed by atoms with Gasteiger partial charge in [-0.3, -0.25) is 4.79 Å². The topological polar surface area (TPSA) is 113 Å². The van der Waals surface area contributed by atoms with E-state index in [1.165, 1.54) is 11.3 Å². The number of aliphatic carboxylic acids is 1. The van der Waals surface area contributed by atoms with Crippen molar-refractivity contribution < 1.29 is 23.1 Å². The molecular weight excluding hydrogens is 304 g/mol. The molecule has 1 aromatic rings. The van der Waals surface area contributed by atoms with E-state index in [4.69, 9.17) is 5.11 Å². The van der Waals surface area contributed by atoms with Crippen molar-refractivity contribution in [3.05, 3.63) is 15.6 Å². The number of carboxylic acids is 1. The molecule has 0 fully saturated rings. The molecule has 1 atom stereocenters. The molecule has 2 N–H and O–H groups in total. The second-order valence-corrected chi connectivity index (χ2v) is 7.79. The summed E-state index contributed by atoms with van der Waals surface area (Å²) in [7, 11) is -3.68. The molecule has 0 unspecified atom stereocenters. The first kappa shape index (κ1) is 16.6. The second kappa shape index (κ2) is 6.31. The molecule has 1 amide bonds. The van der Waals surface area contributed by atoms with E-state index in [0.29, 0.717) is 5.01 Å². The zero-order valence-electron chi connectivity index (χ0n) is 11.3. The van der Waals surface area contributed by atoms with Gasteiger partial charge in [0.25, 0.3) is 0 Å². The first-order valence-electron chi connectivity index (χ1n) is 5.74. The molecule has 1 rings (SSSR count). The predicted molar refractivity (Wildman–Crippen MR) is 74.3 cm³/mol. The largest absolute Gasteiger partial charge is 0.480 e. The Balaban J connectivity index is 2.82. The lowest BCUT2D eigenvalue weighted by Crippen LogP contribution is -2.44. The minimum Gasteiger partial charge on any atom is -0.480 e. The number of thiazole rings is 1. The second-order valence-electron chi connectivity index (χ2n) is 4.40. The number of hydrogen-bond acceptors (Lipinski definition) is 6. The van der Waals surface area contributed by atoms with E-state index in [0.717, 1.165) is 17.5 Å². The van der Waals surface area contributed by atoms with Crippen LogP contribution < -0.4 is 5.32 Å². The standard InChI is InChI=1S/C11H16N2O5S2/c1-6-7(2)19-10(12-6)5-20(17,18)4-9(11(15)16)13-8(3)14/h9H,4-5H2,1-3H3,(H,13,14)(H,15,16)/t9-/m0/s1. The van der Waals surface area contributed by atoms with Crippen LogP contribution in [0.25, 0.3) is 0 Å². The Kier molecular flexibility index (Phi) is 5.23. The van der Waals surface area contributed by atoms with E-state index < -0.39 is 33.5 Å². The smallest absolute Gasteiger partial charge is 0.327 e. The molecule has 1 heterocycles. The Hall–Kier alpha value is -1.48. The number of amides is 1. The summed E-state index contributed by atoms with van der Waals surface area (Å²) in [6.45, 7) is 4.75. The minimum atomic E-state index is -3.68. The lowest BCUT2D eigenvalue weighted by Gasteiger charge is -2.12. The molecule has 0 aliphatic carbocycles. The Bertz CT molecular complexity index is 601. The molecule has 0 spiro atoms. The Morgan fingerprint density at radius 2 is 2.00 bits per heavy atom. The summed E-state index contributed by atoms with van der Waals surface area (Å²) < 4.78 is 23.9. The highest BCUT2D eigenvalue weighted by Crippen LogP contribution is 2.19. The molecule has 0 aliphatic rings. The van der Waals surface area contributed by atoms with Crippen molar-refractivity contribution in [3.8, 4) is 0 Å². The SMILES string of the molecule is CC(=O)N[C@@H](CS(=O)(=O)Cc1nc(C)c(C)s1)C(=O)O. The summed E-state index contributed by atoms with van der Waals surface area (Å²) >= 11 is 1.27. The summed E-state index contributed by atoms with van der Waals surface area (Å²) in [4.78, 5) is 26.8. The first-order valence-corrected chi connectivity index (χ1v) is 8.38. The highest BCUT2D eigenvalue weighted by Gasteiger charge is 2.27. The lowest BCUT2D eigenvalue weighted by atomic mass is 10.3. The fourth-order valence-corrected chi connectivity index (χ4v) is 4.32. The zero-order chi connectivity index (χ0) is 15.5. The van der Waals surface area contributed by atoms with Crippen LogP contribution in [0.2, 0.25) is 0 Å². The number of aryl methyl sites for hydroxylation is 2. The van der Waals surface area contributed by atoms with Gasteiger partial charge in [0.05, 0.1) is 11.4 Å². The van der Waals surface area contributed by atoms with Crippen LogP contribution in [0.3, 0.4) is 0 Å². The van der Waals surface area contributed by atoms with Crippen LogP contribution in [0.15, 0.2) is 0 Å². The quantitative estimate of drug-likeness (QED) is 0.777. The lowest BCUT2D eigenvalue weighted by molar-refractivity contribution is -0.140. The highest BCUT2D eigenvalue weighted by atomic mass is 32.2. The third-order valence-corrected chi connectivity index (χ3v) is 5.32. The van der Waals surface area contributed by atoms with Crippen LogP contribution in [0.4, 0.5) is 0 Å². The maximum absolute atomic E-state index is 12.0. The van der Waals surface area contributed by atoms with Gasteiger partial charge in [-0.1, -0.05) is 0 Å². The van der Waals surface area contributed by atoms with E-state index in [1.807, 2.05) is 6.92 Å². The van der Waals surface area contributed by atoms with Gasteiger partial charge in [-0.05, 0) is 13.8 Å². The van der Waals surface area contributed by atoms with Crippen LogP contribution in [0, 0.1) is 13.8 Å². The summed E-state index contributed by atoms with van der Waals surface area (Å²) in [5.41, 5.74) is 0.761. The molecule has 0 bridgehead atoms. The maximum Gasteiger partial charge on any atom is 0.327 e.